The van der Waals surface area contributed by atoms with Gasteiger partial charge in [-0.2, -0.15) is 0 Å². The molecule has 0 bridgehead atoms. The van der Waals surface area contributed by atoms with Crippen molar-refractivity contribution in [2.24, 2.45) is 21.7 Å². The van der Waals surface area contributed by atoms with E-state index in [2.05, 4.69) is 58.7 Å². The van der Waals surface area contributed by atoms with E-state index in [0.29, 0.717) is 0 Å². The SMILES string of the molecule is Cl.NC(N)=NN=C(c1ccc2ccccc2c1)c1ccc2ccccc2c1. The molecule has 4 rings (SSSR count). The molecule has 4 aromatic rings. The normalized spacial score (nSPS) is 10.2. The van der Waals surface area contributed by atoms with Gasteiger partial charge in [-0.25, -0.2) is 0 Å². The van der Waals surface area contributed by atoms with Crippen LogP contribution in [0.5, 0.6) is 0 Å². The third-order valence-electron chi connectivity index (χ3n) is 4.31. The highest BCUT2D eigenvalue weighted by atomic mass is 35.5. The number of benzene rings is 4. The van der Waals surface area contributed by atoms with Gasteiger partial charge in [-0.3, -0.25) is 0 Å². The second-order valence-electron chi connectivity index (χ2n) is 6.10. The molecule has 0 aliphatic carbocycles. The fraction of sp³-hybridized carbons (Fsp3) is 0. The summed E-state index contributed by atoms with van der Waals surface area (Å²) in [5.74, 6) is -0.0657. The van der Waals surface area contributed by atoms with Crippen LogP contribution in [0.25, 0.3) is 21.5 Å². The molecule has 0 radical (unpaired) electrons. The van der Waals surface area contributed by atoms with Crippen molar-refractivity contribution in [1.82, 2.24) is 0 Å². The van der Waals surface area contributed by atoms with E-state index in [1.807, 2.05) is 36.4 Å². The van der Waals surface area contributed by atoms with Crippen LogP contribution in [-0.2, 0) is 0 Å². The van der Waals surface area contributed by atoms with Crippen LogP contribution in [0.2, 0.25) is 0 Å². The molecule has 0 aromatic heterocycles. The second kappa shape index (κ2) is 7.89. The van der Waals surface area contributed by atoms with Gasteiger partial charge >= 0.3 is 0 Å². The molecule has 0 fully saturated rings. The highest BCUT2D eigenvalue weighted by Crippen LogP contribution is 2.22. The molecular formula is C22H19ClN4. The quantitative estimate of drug-likeness (QED) is 0.316. The van der Waals surface area contributed by atoms with Crippen LogP contribution in [0.15, 0.2) is 95.1 Å². The van der Waals surface area contributed by atoms with Gasteiger partial charge in [0, 0.05) is 11.1 Å². The van der Waals surface area contributed by atoms with Crippen LogP contribution in [0, 0.1) is 0 Å². The first kappa shape index (κ1) is 18.4. The monoisotopic (exact) mass is 374 g/mol. The Kier molecular flexibility index (Phi) is 5.38. The van der Waals surface area contributed by atoms with Gasteiger partial charge in [-0.05, 0) is 33.7 Å². The molecule has 134 valence electrons. The van der Waals surface area contributed by atoms with Crippen molar-refractivity contribution < 1.29 is 0 Å². The minimum absolute atomic E-state index is 0. The summed E-state index contributed by atoms with van der Waals surface area (Å²) in [6.45, 7) is 0. The lowest BCUT2D eigenvalue weighted by Crippen LogP contribution is -2.22. The first-order valence-corrected chi connectivity index (χ1v) is 8.36. The van der Waals surface area contributed by atoms with Gasteiger partial charge in [0.2, 0.25) is 5.96 Å². The number of hydrogen-bond donors (Lipinski definition) is 2. The summed E-state index contributed by atoms with van der Waals surface area (Å²) < 4.78 is 0. The summed E-state index contributed by atoms with van der Waals surface area (Å²) in [6, 6.07) is 28.9. The molecule has 0 spiro atoms. The average molecular weight is 375 g/mol. The van der Waals surface area contributed by atoms with Crippen LogP contribution < -0.4 is 11.5 Å². The zero-order chi connectivity index (χ0) is 17.9. The van der Waals surface area contributed by atoms with Crippen molar-refractivity contribution >= 4 is 45.6 Å². The molecule has 5 heteroatoms. The van der Waals surface area contributed by atoms with Gasteiger partial charge in [-0.15, -0.1) is 22.6 Å². The van der Waals surface area contributed by atoms with Crippen molar-refractivity contribution in [3.05, 3.63) is 96.1 Å². The molecule has 0 atom stereocenters. The topological polar surface area (TPSA) is 76.8 Å². The maximum Gasteiger partial charge on any atom is 0.211 e. The van der Waals surface area contributed by atoms with Gasteiger partial charge in [-0.1, -0.05) is 72.8 Å². The fourth-order valence-electron chi connectivity index (χ4n) is 3.06. The Morgan fingerprint density at radius 2 is 1.00 bits per heavy atom. The van der Waals surface area contributed by atoms with Gasteiger partial charge in [0.15, 0.2) is 0 Å². The third kappa shape index (κ3) is 3.91. The standard InChI is InChI=1S/C22H18N4.ClH/c23-22(24)26-25-21(19-11-9-15-5-1-3-7-17(15)13-19)20-12-10-16-6-2-4-8-18(16)14-20;/h1-14H,(H4,23,24,26);1H. The predicted octanol–water partition coefficient (Wildman–Crippen LogP) is 4.44. The third-order valence-corrected chi connectivity index (χ3v) is 4.31. The number of rotatable bonds is 3. The Morgan fingerprint density at radius 3 is 1.44 bits per heavy atom. The van der Waals surface area contributed by atoms with Gasteiger partial charge in [0.1, 0.15) is 5.71 Å². The number of fused-ring (bicyclic) bond motifs is 2. The Labute approximate surface area is 163 Å². The molecule has 0 saturated carbocycles. The molecule has 27 heavy (non-hydrogen) atoms. The van der Waals surface area contributed by atoms with Gasteiger partial charge in [0.25, 0.3) is 0 Å². The maximum atomic E-state index is 5.50. The van der Waals surface area contributed by atoms with E-state index >= 15 is 0 Å². The number of nitrogens with zero attached hydrogens (tertiary/aromatic N) is 2. The zero-order valence-electron chi connectivity index (χ0n) is 14.5. The molecule has 0 aliphatic heterocycles. The summed E-state index contributed by atoms with van der Waals surface area (Å²) in [5, 5.41) is 12.9. The van der Waals surface area contributed by atoms with Gasteiger partial charge < -0.3 is 11.5 Å². The molecule has 0 amide bonds. The summed E-state index contributed by atoms with van der Waals surface area (Å²) in [4.78, 5) is 0. The largest absolute Gasteiger partial charge is 0.369 e. The molecular weight excluding hydrogens is 356 g/mol. The number of guanidine groups is 1. The highest BCUT2D eigenvalue weighted by molar-refractivity contribution is 6.15. The van der Waals surface area contributed by atoms with Crippen LogP contribution in [0.1, 0.15) is 11.1 Å². The minimum Gasteiger partial charge on any atom is -0.369 e. The van der Waals surface area contributed by atoms with Crippen LogP contribution >= 0.6 is 12.4 Å². The Balaban J connectivity index is 0.00000210. The molecule has 0 saturated heterocycles. The number of hydrogen-bond acceptors (Lipinski definition) is 2. The minimum atomic E-state index is -0.0657. The Morgan fingerprint density at radius 1 is 0.556 bits per heavy atom. The lowest BCUT2D eigenvalue weighted by atomic mass is 9.97. The Hall–Kier alpha value is -3.37. The first-order chi connectivity index (χ1) is 12.7. The van der Waals surface area contributed by atoms with Gasteiger partial charge in [0.05, 0.1) is 0 Å². The van der Waals surface area contributed by atoms with Crippen molar-refractivity contribution in [2.75, 3.05) is 0 Å². The fourth-order valence-corrected chi connectivity index (χ4v) is 3.06. The second-order valence-corrected chi connectivity index (χ2v) is 6.10. The van der Waals surface area contributed by atoms with E-state index in [4.69, 9.17) is 11.5 Å². The number of nitrogens with two attached hydrogens (primary N) is 2. The van der Waals surface area contributed by atoms with E-state index in [9.17, 15) is 0 Å². The van der Waals surface area contributed by atoms with E-state index in [1.54, 1.807) is 0 Å². The van der Waals surface area contributed by atoms with E-state index in [-0.39, 0.29) is 18.4 Å². The van der Waals surface area contributed by atoms with E-state index < -0.39 is 0 Å². The molecule has 4 nitrogen and oxygen atoms in total. The molecule has 4 N–H and O–H groups in total. The Bertz CT molecular complexity index is 1080. The lowest BCUT2D eigenvalue weighted by molar-refractivity contribution is 1.20. The highest BCUT2D eigenvalue weighted by Gasteiger charge is 2.09. The van der Waals surface area contributed by atoms with Crippen molar-refractivity contribution in [3.8, 4) is 0 Å². The van der Waals surface area contributed by atoms with Crippen molar-refractivity contribution in [2.45, 2.75) is 0 Å². The lowest BCUT2D eigenvalue weighted by Gasteiger charge is -2.09. The maximum absolute atomic E-state index is 5.50. The van der Waals surface area contributed by atoms with E-state index in [0.717, 1.165) is 27.6 Å². The van der Waals surface area contributed by atoms with E-state index in [1.165, 1.54) is 10.8 Å². The van der Waals surface area contributed by atoms with Crippen LogP contribution in [0.3, 0.4) is 0 Å². The van der Waals surface area contributed by atoms with Crippen LogP contribution in [0.4, 0.5) is 0 Å². The smallest absolute Gasteiger partial charge is 0.211 e. The average Bonchev–Trinajstić information content (AvgIpc) is 2.67. The molecule has 0 aliphatic rings. The van der Waals surface area contributed by atoms with Crippen LogP contribution in [-0.4, -0.2) is 11.7 Å². The summed E-state index contributed by atoms with van der Waals surface area (Å²) >= 11 is 0. The summed E-state index contributed by atoms with van der Waals surface area (Å²) in [6.07, 6.45) is 0. The predicted molar refractivity (Wildman–Crippen MR) is 117 cm³/mol. The summed E-state index contributed by atoms with van der Waals surface area (Å²) in [5.41, 5.74) is 13.7. The molecule has 4 aromatic carbocycles. The van der Waals surface area contributed by atoms with Crippen molar-refractivity contribution in [3.63, 3.8) is 0 Å². The zero-order valence-corrected chi connectivity index (χ0v) is 15.4. The molecule has 0 heterocycles. The molecule has 0 unspecified atom stereocenters. The van der Waals surface area contributed by atoms with Crippen molar-refractivity contribution in [1.29, 1.82) is 0 Å². The number of halogens is 1. The first-order valence-electron chi connectivity index (χ1n) is 8.36. The summed E-state index contributed by atoms with van der Waals surface area (Å²) in [7, 11) is 0.